The Labute approximate surface area is 149 Å². The van der Waals surface area contributed by atoms with Gasteiger partial charge in [-0.2, -0.15) is 0 Å². The summed E-state index contributed by atoms with van der Waals surface area (Å²) in [7, 11) is 0. The second kappa shape index (κ2) is 8.49. The second-order valence-electron chi connectivity index (χ2n) is 6.52. The molecular formula is C18H26ClN3O2. The Morgan fingerprint density at radius 2 is 1.92 bits per heavy atom. The Morgan fingerprint density at radius 3 is 2.54 bits per heavy atom. The van der Waals surface area contributed by atoms with Gasteiger partial charge in [0.25, 0.3) is 5.91 Å². The molecule has 5 nitrogen and oxygen atoms in total. The summed E-state index contributed by atoms with van der Waals surface area (Å²) in [5, 5.41) is 6.24. The van der Waals surface area contributed by atoms with Crippen LogP contribution < -0.4 is 10.6 Å². The highest BCUT2D eigenvalue weighted by Gasteiger charge is 2.22. The van der Waals surface area contributed by atoms with Crippen LogP contribution >= 0.6 is 12.4 Å². The summed E-state index contributed by atoms with van der Waals surface area (Å²) >= 11 is 0. The summed E-state index contributed by atoms with van der Waals surface area (Å²) in [5.41, 5.74) is 2.43. The number of anilines is 1. The van der Waals surface area contributed by atoms with Gasteiger partial charge in [0.1, 0.15) is 0 Å². The van der Waals surface area contributed by atoms with E-state index in [1.54, 1.807) is 0 Å². The third-order valence-electron chi connectivity index (χ3n) is 4.75. The molecule has 1 aromatic rings. The standard InChI is InChI=1S/C18H25N3O2.ClH/c1-13-12-14(18(23)21-10-4-5-11-21)7-8-15(13)20-17(22)16-6-2-3-9-19-16;/h7-8,12,16,19H,2-6,9-11H2,1H3,(H,20,22);1H/t16-;/m1./s1. The van der Waals surface area contributed by atoms with Crippen LogP contribution in [0.1, 0.15) is 48.0 Å². The number of hydrogen-bond acceptors (Lipinski definition) is 3. The predicted octanol–water partition coefficient (Wildman–Crippen LogP) is 2.73. The minimum atomic E-state index is -0.103. The minimum Gasteiger partial charge on any atom is -0.339 e. The van der Waals surface area contributed by atoms with E-state index in [2.05, 4.69) is 10.6 Å². The fourth-order valence-electron chi connectivity index (χ4n) is 3.34. The number of aryl methyl sites for hydroxylation is 1. The normalized spacial score (nSPS) is 20.4. The molecule has 132 valence electrons. The lowest BCUT2D eigenvalue weighted by Crippen LogP contribution is -2.43. The minimum absolute atomic E-state index is 0. The fraction of sp³-hybridized carbons (Fsp3) is 0.556. The number of rotatable bonds is 3. The van der Waals surface area contributed by atoms with Crippen molar-refractivity contribution in [2.75, 3.05) is 25.0 Å². The molecule has 2 aliphatic rings. The number of benzene rings is 1. The highest BCUT2D eigenvalue weighted by atomic mass is 35.5. The van der Waals surface area contributed by atoms with Crippen LogP contribution in [-0.2, 0) is 4.79 Å². The van der Waals surface area contributed by atoms with E-state index >= 15 is 0 Å². The van der Waals surface area contributed by atoms with Gasteiger partial charge in [0, 0.05) is 24.3 Å². The van der Waals surface area contributed by atoms with Gasteiger partial charge in [-0.25, -0.2) is 0 Å². The summed E-state index contributed by atoms with van der Waals surface area (Å²) in [4.78, 5) is 26.6. The molecule has 2 fully saturated rings. The number of carbonyl (C=O) groups excluding carboxylic acids is 2. The maximum atomic E-state index is 12.4. The molecule has 2 aliphatic heterocycles. The van der Waals surface area contributed by atoms with Crippen molar-refractivity contribution >= 4 is 29.9 Å². The lowest BCUT2D eigenvalue weighted by atomic mass is 10.0. The molecule has 6 heteroatoms. The zero-order chi connectivity index (χ0) is 16.2. The maximum absolute atomic E-state index is 12.4. The number of likely N-dealkylation sites (tertiary alicyclic amines) is 1. The lowest BCUT2D eigenvalue weighted by molar-refractivity contribution is -0.118. The number of amides is 2. The molecule has 2 saturated heterocycles. The molecule has 0 aromatic heterocycles. The van der Waals surface area contributed by atoms with Crippen molar-refractivity contribution in [3.05, 3.63) is 29.3 Å². The SMILES string of the molecule is Cc1cc(C(=O)N2CCCC2)ccc1NC(=O)[C@H]1CCCCN1.Cl. The van der Waals surface area contributed by atoms with Gasteiger partial charge in [-0.3, -0.25) is 9.59 Å². The van der Waals surface area contributed by atoms with Crippen LogP contribution in [0.25, 0.3) is 0 Å². The van der Waals surface area contributed by atoms with Crippen LogP contribution in [0, 0.1) is 6.92 Å². The molecule has 2 heterocycles. The second-order valence-corrected chi connectivity index (χ2v) is 6.52. The Bertz CT molecular complexity index is 594. The lowest BCUT2D eigenvalue weighted by Gasteiger charge is -2.23. The zero-order valence-electron chi connectivity index (χ0n) is 14.1. The van der Waals surface area contributed by atoms with E-state index < -0.39 is 0 Å². The third-order valence-corrected chi connectivity index (χ3v) is 4.75. The number of carbonyl (C=O) groups is 2. The van der Waals surface area contributed by atoms with Crippen molar-refractivity contribution in [3.63, 3.8) is 0 Å². The summed E-state index contributed by atoms with van der Waals surface area (Å²) < 4.78 is 0. The summed E-state index contributed by atoms with van der Waals surface area (Å²) in [6, 6.07) is 5.44. The Kier molecular flexibility index (Phi) is 6.63. The van der Waals surface area contributed by atoms with Crippen LogP contribution in [-0.4, -0.2) is 42.4 Å². The number of piperidine rings is 1. The van der Waals surface area contributed by atoms with Crippen LogP contribution in [0.15, 0.2) is 18.2 Å². The highest BCUT2D eigenvalue weighted by molar-refractivity contribution is 5.98. The molecule has 0 radical (unpaired) electrons. The van der Waals surface area contributed by atoms with E-state index in [-0.39, 0.29) is 30.3 Å². The van der Waals surface area contributed by atoms with Crippen LogP contribution in [0.2, 0.25) is 0 Å². The largest absolute Gasteiger partial charge is 0.339 e. The van der Waals surface area contributed by atoms with Crippen LogP contribution in [0.4, 0.5) is 5.69 Å². The monoisotopic (exact) mass is 351 g/mol. The quantitative estimate of drug-likeness (QED) is 0.880. The number of nitrogens with zero attached hydrogens (tertiary/aromatic N) is 1. The molecule has 24 heavy (non-hydrogen) atoms. The summed E-state index contributed by atoms with van der Waals surface area (Å²) in [6.07, 6.45) is 5.29. The van der Waals surface area contributed by atoms with Gasteiger partial charge in [0.05, 0.1) is 6.04 Å². The van der Waals surface area contributed by atoms with Gasteiger partial charge in [-0.15, -0.1) is 12.4 Å². The molecule has 2 N–H and O–H groups in total. The maximum Gasteiger partial charge on any atom is 0.253 e. The molecule has 0 spiro atoms. The first kappa shape index (κ1) is 18.7. The molecule has 1 aromatic carbocycles. The van der Waals surface area contributed by atoms with Crippen molar-refractivity contribution in [1.82, 2.24) is 10.2 Å². The summed E-state index contributed by atoms with van der Waals surface area (Å²) in [5.74, 6) is 0.115. The van der Waals surface area contributed by atoms with E-state index in [9.17, 15) is 9.59 Å². The molecule has 0 bridgehead atoms. The predicted molar refractivity (Wildman–Crippen MR) is 97.8 cm³/mol. The summed E-state index contributed by atoms with van der Waals surface area (Å²) in [6.45, 7) is 4.54. The highest BCUT2D eigenvalue weighted by Crippen LogP contribution is 2.20. The first-order valence-electron chi connectivity index (χ1n) is 8.59. The molecule has 0 saturated carbocycles. The van der Waals surface area contributed by atoms with Crippen molar-refractivity contribution < 1.29 is 9.59 Å². The van der Waals surface area contributed by atoms with E-state index in [1.807, 2.05) is 30.0 Å². The average molecular weight is 352 g/mol. The molecule has 2 amide bonds. The molecule has 1 atom stereocenters. The van der Waals surface area contributed by atoms with E-state index in [0.717, 1.165) is 63.0 Å². The van der Waals surface area contributed by atoms with Crippen molar-refractivity contribution in [2.45, 2.75) is 45.1 Å². The topological polar surface area (TPSA) is 61.4 Å². The first-order chi connectivity index (χ1) is 11.1. The first-order valence-corrected chi connectivity index (χ1v) is 8.59. The number of halogens is 1. The van der Waals surface area contributed by atoms with Gasteiger partial charge in [-0.05, 0) is 62.9 Å². The van der Waals surface area contributed by atoms with Crippen LogP contribution in [0.5, 0.6) is 0 Å². The van der Waals surface area contributed by atoms with E-state index in [1.165, 1.54) is 0 Å². The number of hydrogen-bond donors (Lipinski definition) is 2. The van der Waals surface area contributed by atoms with E-state index in [0.29, 0.717) is 5.56 Å². The Hall–Kier alpha value is -1.59. The van der Waals surface area contributed by atoms with Crippen LogP contribution in [0.3, 0.4) is 0 Å². The van der Waals surface area contributed by atoms with E-state index in [4.69, 9.17) is 0 Å². The Balaban J connectivity index is 0.00000208. The Morgan fingerprint density at radius 1 is 1.17 bits per heavy atom. The molecular weight excluding hydrogens is 326 g/mol. The molecule has 3 rings (SSSR count). The van der Waals surface area contributed by atoms with Crippen molar-refractivity contribution in [2.24, 2.45) is 0 Å². The van der Waals surface area contributed by atoms with Crippen molar-refractivity contribution in [3.8, 4) is 0 Å². The average Bonchev–Trinajstić information content (AvgIpc) is 3.11. The third kappa shape index (κ3) is 4.28. The van der Waals surface area contributed by atoms with Crippen molar-refractivity contribution in [1.29, 1.82) is 0 Å². The molecule has 0 aliphatic carbocycles. The number of nitrogens with one attached hydrogen (secondary N) is 2. The smallest absolute Gasteiger partial charge is 0.253 e. The van der Waals surface area contributed by atoms with Gasteiger partial charge < -0.3 is 15.5 Å². The fourth-order valence-corrected chi connectivity index (χ4v) is 3.34. The van der Waals surface area contributed by atoms with Gasteiger partial charge >= 0.3 is 0 Å². The zero-order valence-corrected chi connectivity index (χ0v) is 15.0. The van der Waals surface area contributed by atoms with Gasteiger partial charge in [0.15, 0.2) is 0 Å². The van der Waals surface area contributed by atoms with Gasteiger partial charge in [-0.1, -0.05) is 6.42 Å². The van der Waals surface area contributed by atoms with Gasteiger partial charge in [0.2, 0.25) is 5.91 Å². The molecule has 0 unspecified atom stereocenters.